The number of nitro groups is 1. The van der Waals surface area contributed by atoms with E-state index in [4.69, 9.17) is 19.9 Å². The van der Waals surface area contributed by atoms with Crippen molar-refractivity contribution in [1.29, 1.82) is 0 Å². The number of nitrogens with one attached hydrogen (secondary N) is 1. The third-order valence-corrected chi connectivity index (χ3v) is 7.32. The van der Waals surface area contributed by atoms with Crippen LogP contribution in [0.4, 0.5) is 11.6 Å². The van der Waals surface area contributed by atoms with Crippen molar-refractivity contribution in [3.8, 4) is 17.6 Å². The van der Waals surface area contributed by atoms with Crippen LogP contribution in [0.25, 0.3) is 11.0 Å². The van der Waals surface area contributed by atoms with Crippen LogP contribution < -0.4 is 16.0 Å². The second kappa shape index (κ2) is 13.1. The number of ether oxygens (including phenoxy) is 3. The van der Waals surface area contributed by atoms with Crippen LogP contribution in [0.15, 0.2) is 23.1 Å². The first-order valence-corrected chi connectivity index (χ1v) is 14.0. The maximum atomic E-state index is 13.0. The molecule has 1 aliphatic rings. The highest BCUT2D eigenvalue weighted by Crippen LogP contribution is 2.43. The molecule has 2 aromatic heterocycles. The van der Waals surface area contributed by atoms with E-state index >= 15 is 0 Å². The fourth-order valence-corrected chi connectivity index (χ4v) is 5.22. The number of hydrogen-bond donors (Lipinski definition) is 4. The lowest BCUT2D eigenvalue weighted by Crippen LogP contribution is -2.24. The van der Waals surface area contributed by atoms with Crippen LogP contribution in [0.2, 0.25) is 0 Å². The topological polar surface area (TPSA) is 205 Å². The minimum atomic E-state index is -0.927. The Morgan fingerprint density at radius 3 is 2.70 bits per heavy atom. The van der Waals surface area contributed by atoms with Crippen molar-refractivity contribution >= 4 is 28.5 Å². The van der Waals surface area contributed by atoms with Crippen molar-refractivity contribution in [2.75, 3.05) is 19.5 Å². The number of nitrogens with zero attached hydrogens (tertiary/aromatic N) is 3. The molecule has 236 valence electrons. The lowest BCUT2D eigenvalue weighted by molar-refractivity contribution is -0.386. The fourth-order valence-electron chi connectivity index (χ4n) is 5.22. The van der Waals surface area contributed by atoms with Gasteiger partial charge in [0.15, 0.2) is 5.65 Å². The number of methoxy groups -OCH3 is 1. The van der Waals surface area contributed by atoms with Crippen LogP contribution in [0.3, 0.4) is 0 Å². The standard InChI is InChI=1S/C30H37N5O9/c1-16(37)8-6-7-9-17-10-20(35(40)41)19(11-22(17)42-5)26(30(2,3)4)43-15-18-13-34(24-12-21(38)23(14-36)44-24)27-25(18)28(39)33-29(31)32-27/h10-11,13,21,23-24,26,36,38H,6,8,12,14-15H2,1-5H3,(H3,31,32,33,39)/t21-,23-,24-,26-/m1/s1. The fraction of sp³-hybridized carbons (Fsp3) is 0.500. The third-order valence-electron chi connectivity index (χ3n) is 7.32. The highest BCUT2D eigenvalue weighted by molar-refractivity contribution is 5.80. The number of aliphatic hydroxyl groups is 2. The number of aliphatic hydroxyl groups excluding tert-OH is 2. The molecule has 14 nitrogen and oxygen atoms in total. The summed E-state index contributed by atoms with van der Waals surface area (Å²) in [5, 5.41) is 32.3. The van der Waals surface area contributed by atoms with Crippen molar-refractivity contribution in [1.82, 2.24) is 14.5 Å². The second-order valence-electron chi connectivity index (χ2n) is 11.8. The van der Waals surface area contributed by atoms with E-state index in [1.54, 1.807) is 10.8 Å². The van der Waals surface area contributed by atoms with Crippen LogP contribution in [-0.2, 0) is 20.9 Å². The number of carbonyl (C=O) groups is 1. The van der Waals surface area contributed by atoms with Gasteiger partial charge in [0.25, 0.3) is 11.2 Å². The Kier molecular flexibility index (Phi) is 9.75. The van der Waals surface area contributed by atoms with Crippen LogP contribution in [-0.4, -0.2) is 61.4 Å². The molecule has 1 fully saturated rings. The second-order valence-corrected chi connectivity index (χ2v) is 11.8. The van der Waals surface area contributed by atoms with Gasteiger partial charge in [-0.3, -0.25) is 24.7 Å². The maximum absolute atomic E-state index is 13.0. The van der Waals surface area contributed by atoms with E-state index < -0.39 is 40.4 Å². The molecule has 0 saturated carbocycles. The number of Topliss-reactive ketones (excluding diaryl/α,β-unsaturated/α-hetero) is 1. The van der Waals surface area contributed by atoms with E-state index in [9.17, 15) is 29.9 Å². The maximum Gasteiger partial charge on any atom is 0.276 e. The van der Waals surface area contributed by atoms with Gasteiger partial charge in [-0.25, -0.2) is 0 Å². The molecule has 3 heterocycles. The van der Waals surface area contributed by atoms with Gasteiger partial charge in [0, 0.05) is 37.1 Å². The van der Waals surface area contributed by atoms with E-state index in [1.807, 2.05) is 20.8 Å². The normalized spacial score (nSPS) is 19.0. The van der Waals surface area contributed by atoms with Gasteiger partial charge in [0.2, 0.25) is 5.95 Å². The number of nitro benzene ring substituents is 1. The molecule has 0 amide bonds. The molecule has 0 radical (unpaired) electrons. The smallest absolute Gasteiger partial charge is 0.276 e. The van der Waals surface area contributed by atoms with Gasteiger partial charge in [-0.15, -0.1) is 0 Å². The van der Waals surface area contributed by atoms with Crippen molar-refractivity contribution in [2.45, 2.75) is 78.1 Å². The molecule has 0 bridgehead atoms. The Balaban J connectivity index is 1.75. The molecular weight excluding hydrogens is 574 g/mol. The number of nitrogens with two attached hydrogens (primary N) is 1. The van der Waals surface area contributed by atoms with Crippen molar-refractivity contribution in [3.05, 3.63) is 55.5 Å². The number of ketones is 1. The molecule has 1 aliphatic heterocycles. The van der Waals surface area contributed by atoms with Gasteiger partial charge in [-0.05, 0) is 18.4 Å². The average Bonchev–Trinajstić information content (AvgIpc) is 3.50. The largest absolute Gasteiger partial charge is 0.495 e. The molecule has 1 saturated heterocycles. The molecule has 4 atom stereocenters. The molecule has 3 aromatic rings. The van der Waals surface area contributed by atoms with Gasteiger partial charge in [0.1, 0.15) is 23.9 Å². The third kappa shape index (κ3) is 6.92. The summed E-state index contributed by atoms with van der Waals surface area (Å²) in [5.41, 5.74) is 5.60. The Bertz CT molecular complexity index is 1680. The van der Waals surface area contributed by atoms with Crippen LogP contribution in [0, 0.1) is 27.4 Å². The summed E-state index contributed by atoms with van der Waals surface area (Å²) in [6, 6.07) is 2.87. The summed E-state index contributed by atoms with van der Waals surface area (Å²) < 4.78 is 19.3. The number of benzene rings is 1. The van der Waals surface area contributed by atoms with E-state index in [-0.39, 0.29) is 60.1 Å². The van der Waals surface area contributed by atoms with Crippen molar-refractivity contribution in [2.24, 2.45) is 5.41 Å². The molecule has 0 unspecified atom stereocenters. The molecule has 4 rings (SSSR count). The van der Waals surface area contributed by atoms with Crippen LogP contribution in [0.5, 0.6) is 5.75 Å². The van der Waals surface area contributed by atoms with Crippen molar-refractivity contribution < 1.29 is 34.1 Å². The number of rotatable bonds is 10. The quantitative estimate of drug-likeness (QED) is 0.149. The Hall–Kier alpha value is -4.29. The number of carbonyl (C=O) groups excluding carboxylic acids is 1. The number of anilines is 1. The van der Waals surface area contributed by atoms with E-state index in [0.717, 1.165) is 0 Å². The number of aromatic amines is 1. The van der Waals surface area contributed by atoms with Crippen LogP contribution >= 0.6 is 0 Å². The highest BCUT2D eigenvalue weighted by atomic mass is 16.6. The first-order valence-electron chi connectivity index (χ1n) is 14.0. The predicted octanol–water partition coefficient (Wildman–Crippen LogP) is 2.89. The Morgan fingerprint density at radius 1 is 1.39 bits per heavy atom. The summed E-state index contributed by atoms with van der Waals surface area (Å²) in [6.07, 6.45) is -0.989. The van der Waals surface area contributed by atoms with Gasteiger partial charge >= 0.3 is 0 Å². The molecule has 5 N–H and O–H groups in total. The zero-order valence-electron chi connectivity index (χ0n) is 25.2. The molecule has 14 heteroatoms. The SMILES string of the molecule is COc1cc([C@@H](OCc2cn([C@H]3C[C@@H](O)[C@@H](CO)O3)c3nc(N)[nH]c(=O)c23)C(C)(C)C)c([N+](=O)[O-])cc1C#CCCC(C)=O. The van der Waals surface area contributed by atoms with Gasteiger partial charge < -0.3 is 34.7 Å². The molecule has 44 heavy (non-hydrogen) atoms. The van der Waals surface area contributed by atoms with Gasteiger partial charge in [0.05, 0.1) is 54.0 Å². The number of aromatic nitrogens is 3. The van der Waals surface area contributed by atoms with Crippen molar-refractivity contribution in [3.63, 3.8) is 0 Å². The van der Waals surface area contributed by atoms with Gasteiger partial charge in [-0.2, -0.15) is 4.98 Å². The Labute approximate surface area is 253 Å². The summed E-state index contributed by atoms with van der Waals surface area (Å²) in [6.45, 7) is 6.53. The van der Waals surface area contributed by atoms with E-state index in [0.29, 0.717) is 23.3 Å². The minimum absolute atomic E-state index is 0.00941. The highest BCUT2D eigenvalue weighted by Gasteiger charge is 2.37. The van der Waals surface area contributed by atoms with Gasteiger partial charge in [-0.1, -0.05) is 32.6 Å². The summed E-state index contributed by atoms with van der Waals surface area (Å²) >= 11 is 0. The minimum Gasteiger partial charge on any atom is -0.495 e. The molecular formula is C30H37N5O9. The summed E-state index contributed by atoms with van der Waals surface area (Å²) in [5.74, 6) is 5.92. The lowest BCUT2D eigenvalue weighted by atomic mass is 9.83. The predicted molar refractivity (Wildman–Crippen MR) is 160 cm³/mol. The summed E-state index contributed by atoms with van der Waals surface area (Å²) in [7, 11) is 1.43. The molecule has 1 aromatic carbocycles. The number of nitrogen functional groups attached to an aromatic ring is 1. The van der Waals surface area contributed by atoms with E-state index in [1.165, 1.54) is 26.2 Å². The van der Waals surface area contributed by atoms with Crippen LogP contribution in [0.1, 0.15) is 76.0 Å². The zero-order chi connectivity index (χ0) is 32.3. The lowest BCUT2D eigenvalue weighted by Gasteiger charge is -2.31. The first-order chi connectivity index (χ1) is 20.7. The molecule has 0 spiro atoms. The average molecular weight is 612 g/mol. The zero-order valence-corrected chi connectivity index (χ0v) is 25.2. The monoisotopic (exact) mass is 611 g/mol. The molecule has 0 aliphatic carbocycles. The Morgan fingerprint density at radius 2 is 2.11 bits per heavy atom. The number of hydrogen-bond acceptors (Lipinski definition) is 11. The van der Waals surface area contributed by atoms with E-state index in [2.05, 4.69) is 21.8 Å². The number of fused-ring (bicyclic) bond motifs is 1. The number of H-pyrrole nitrogens is 1. The summed E-state index contributed by atoms with van der Waals surface area (Å²) in [4.78, 5) is 42.8. The first kappa shape index (κ1) is 32.6.